The van der Waals surface area contributed by atoms with Crippen LogP contribution in [0.2, 0.25) is 0 Å². The summed E-state index contributed by atoms with van der Waals surface area (Å²) in [5, 5.41) is 2.85. The zero-order chi connectivity index (χ0) is 22.7. The summed E-state index contributed by atoms with van der Waals surface area (Å²) >= 11 is 0. The van der Waals surface area contributed by atoms with Crippen molar-refractivity contribution in [3.63, 3.8) is 0 Å². The molecule has 0 bridgehead atoms. The molecule has 0 spiro atoms. The molecule has 1 heterocycles. The monoisotopic (exact) mass is 456 g/mol. The SMILES string of the molecule is C[C@H](NC(=O)c1cccc(S(=O)(=O)Nc2ccccc2F)c1)c1ccc2c(c1)OCCO2. The van der Waals surface area contributed by atoms with E-state index in [1.807, 2.05) is 13.0 Å². The number of fused-ring (bicyclic) bond motifs is 1. The first-order chi connectivity index (χ1) is 15.3. The molecule has 9 heteroatoms. The number of sulfonamides is 1. The predicted octanol–water partition coefficient (Wildman–Crippen LogP) is 3.89. The molecule has 166 valence electrons. The van der Waals surface area contributed by atoms with E-state index >= 15 is 0 Å². The zero-order valence-electron chi connectivity index (χ0n) is 17.2. The van der Waals surface area contributed by atoms with E-state index in [0.717, 1.165) is 11.6 Å². The van der Waals surface area contributed by atoms with Crippen molar-refractivity contribution in [2.24, 2.45) is 0 Å². The molecule has 0 saturated carbocycles. The summed E-state index contributed by atoms with van der Waals surface area (Å²) < 4.78 is 52.5. The minimum atomic E-state index is -4.08. The summed E-state index contributed by atoms with van der Waals surface area (Å²) in [7, 11) is -4.08. The van der Waals surface area contributed by atoms with Crippen LogP contribution in [0.1, 0.15) is 28.9 Å². The Morgan fingerprint density at radius 3 is 2.50 bits per heavy atom. The number of benzene rings is 3. The molecule has 32 heavy (non-hydrogen) atoms. The highest BCUT2D eigenvalue weighted by atomic mass is 32.2. The highest BCUT2D eigenvalue weighted by Crippen LogP contribution is 2.32. The number of hydrogen-bond acceptors (Lipinski definition) is 5. The van der Waals surface area contributed by atoms with Crippen molar-refractivity contribution >= 4 is 21.6 Å². The molecular formula is C23H21FN2O5S. The molecule has 2 N–H and O–H groups in total. The van der Waals surface area contributed by atoms with E-state index in [-0.39, 0.29) is 22.2 Å². The van der Waals surface area contributed by atoms with E-state index in [9.17, 15) is 17.6 Å². The molecule has 1 amide bonds. The van der Waals surface area contributed by atoms with Crippen LogP contribution in [-0.2, 0) is 10.0 Å². The number of anilines is 1. The number of halogens is 1. The summed E-state index contributed by atoms with van der Waals surface area (Å²) in [6.45, 7) is 2.76. The molecule has 1 atom stereocenters. The minimum absolute atomic E-state index is 0.152. The average molecular weight is 456 g/mol. The molecule has 0 unspecified atom stereocenters. The lowest BCUT2D eigenvalue weighted by Gasteiger charge is -2.21. The smallest absolute Gasteiger partial charge is 0.262 e. The van der Waals surface area contributed by atoms with Gasteiger partial charge in [-0.1, -0.05) is 24.3 Å². The van der Waals surface area contributed by atoms with Crippen LogP contribution in [0.25, 0.3) is 0 Å². The van der Waals surface area contributed by atoms with Gasteiger partial charge < -0.3 is 14.8 Å². The van der Waals surface area contributed by atoms with Crippen molar-refractivity contribution in [3.05, 3.63) is 83.7 Å². The molecule has 0 fully saturated rings. The van der Waals surface area contributed by atoms with Crippen LogP contribution in [0.15, 0.2) is 71.6 Å². The van der Waals surface area contributed by atoms with Crippen LogP contribution in [-0.4, -0.2) is 27.5 Å². The molecular weight excluding hydrogens is 435 g/mol. The third-order valence-electron chi connectivity index (χ3n) is 4.94. The van der Waals surface area contributed by atoms with E-state index in [0.29, 0.717) is 24.7 Å². The van der Waals surface area contributed by atoms with Crippen molar-refractivity contribution < 1.29 is 27.1 Å². The Bertz CT molecular complexity index is 1260. The van der Waals surface area contributed by atoms with Crippen LogP contribution in [0.3, 0.4) is 0 Å². The van der Waals surface area contributed by atoms with Crippen LogP contribution in [0.5, 0.6) is 11.5 Å². The second kappa shape index (κ2) is 8.88. The van der Waals surface area contributed by atoms with E-state index in [1.54, 1.807) is 12.1 Å². The maximum atomic E-state index is 13.8. The molecule has 4 rings (SSSR count). The lowest BCUT2D eigenvalue weighted by Crippen LogP contribution is -2.27. The number of rotatable bonds is 6. The number of carbonyl (C=O) groups is 1. The lowest BCUT2D eigenvalue weighted by atomic mass is 10.1. The first kappa shape index (κ1) is 21.6. The highest BCUT2D eigenvalue weighted by molar-refractivity contribution is 7.92. The van der Waals surface area contributed by atoms with Gasteiger partial charge in [-0.3, -0.25) is 9.52 Å². The molecule has 7 nitrogen and oxygen atoms in total. The Kier molecular flexibility index (Phi) is 6.00. The van der Waals surface area contributed by atoms with Crippen molar-refractivity contribution in [1.82, 2.24) is 5.32 Å². The first-order valence-electron chi connectivity index (χ1n) is 9.91. The summed E-state index contributed by atoms with van der Waals surface area (Å²) in [5.74, 6) is 0.120. The highest BCUT2D eigenvalue weighted by Gasteiger charge is 2.20. The number of amides is 1. The van der Waals surface area contributed by atoms with Gasteiger partial charge in [0.25, 0.3) is 15.9 Å². The normalized spacial score (nSPS) is 13.8. The van der Waals surface area contributed by atoms with E-state index in [4.69, 9.17) is 9.47 Å². The molecule has 3 aromatic carbocycles. The summed E-state index contributed by atoms with van der Waals surface area (Å²) in [6.07, 6.45) is 0. The van der Waals surface area contributed by atoms with Gasteiger partial charge in [0.2, 0.25) is 0 Å². The molecule has 1 aliphatic rings. The third kappa shape index (κ3) is 4.67. The minimum Gasteiger partial charge on any atom is -0.486 e. The average Bonchev–Trinajstić information content (AvgIpc) is 2.80. The topological polar surface area (TPSA) is 93.7 Å². The maximum Gasteiger partial charge on any atom is 0.262 e. The molecule has 0 saturated heterocycles. The Morgan fingerprint density at radius 2 is 1.72 bits per heavy atom. The molecule has 0 aromatic heterocycles. The predicted molar refractivity (Wildman–Crippen MR) is 117 cm³/mol. The number of nitrogens with one attached hydrogen (secondary N) is 2. The van der Waals surface area contributed by atoms with Crippen molar-refractivity contribution in [2.45, 2.75) is 17.9 Å². The second-order valence-electron chi connectivity index (χ2n) is 7.21. The van der Waals surface area contributed by atoms with Gasteiger partial charge in [0.15, 0.2) is 11.5 Å². The van der Waals surface area contributed by atoms with Gasteiger partial charge in [0, 0.05) is 5.56 Å². The lowest BCUT2D eigenvalue weighted by molar-refractivity contribution is 0.0939. The van der Waals surface area contributed by atoms with Crippen LogP contribution in [0, 0.1) is 5.82 Å². The fraction of sp³-hybridized carbons (Fsp3) is 0.174. The standard InChI is InChI=1S/C23H21FN2O5S/c1-15(16-9-10-21-22(14-16)31-12-11-30-21)25-23(27)17-5-4-6-18(13-17)32(28,29)26-20-8-3-2-7-19(20)24/h2-10,13-15,26H,11-12H2,1H3,(H,25,27)/t15-/m0/s1. The fourth-order valence-electron chi connectivity index (χ4n) is 3.24. The summed E-state index contributed by atoms with van der Waals surface area (Å²) in [5.41, 5.74) is 0.799. The number of carbonyl (C=O) groups excluding carboxylic acids is 1. The summed E-state index contributed by atoms with van der Waals surface area (Å²) in [4.78, 5) is 12.6. The number of para-hydroxylation sites is 1. The first-order valence-corrected chi connectivity index (χ1v) is 11.4. The van der Waals surface area contributed by atoms with Crippen molar-refractivity contribution in [1.29, 1.82) is 0 Å². The zero-order valence-corrected chi connectivity index (χ0v) is 18.0. The molecule has 0 aliphatic carbocycles. The van der Waals surface area contributed by atoms with E-state index < -0.39 is 21.7 Å². The Balaban J connectivity index is 1.50. The molecule has 3 aromatic rings. The Hall–Kier alpha value is -3.59. The third-order valence-corrected chi connectivity index (χ3v) is 6.30. The van der Waals surface area contributed by atoms with Gasteiger partial charge in [-0.25, -0.2) is 12.8 Å². The van der Waals surface area contributed by atoms with Crippen LogP contribution in [0.4, 0.5) is 10.1 Å². The van der Waals surface area contributed by atoms with Crippen molar-refractivity contribution in [2.75, 3.05) is 17.9 Å². The van der Waals surface area contributed by atoms with E-state index in [1.165, 1.54) is 42.5 Å². The largest absolute Gasteiger partial charge is 0.486 e. The van der Waals surface area contributed by atoms with Gasteiger partial charge in [-0.05, 0) is 55.0 Å². The van der Waals surface area contributed by atoms with Gasteiger partial charge in [0.05, 0.1) is 16.6 Å². The van der Waals surface area contributed by atoms with Crippen LogP contribution >= 0.6 is 0 Å². The second-order valence-corrected chi connectivity index (χ2v) is 8.89. The number of ether oxygens (including phenoxy) is 2. The molecule has 0 radical (unpaired) electrons. The number of hydrogen-bond donors (Lipinski definition) is 2. The molecule has 1 aliphatic heterocycles. The van der Waals surface area contributed by atoms with Gasteiger partial charge in [0.1, 0.15) is 19.0 Å². The summed E-state index contributed by atoms with van der Waals surface area (Å²) in [6, 6.07) is 16.1. The fourth-order valence-corrected chi connectivity index (χ4v) is 4.36. The van der Waals surface area contributed by atoms with Gasteiger partial charge in [-0.2, -0.15) is 0 Å². The Labute approximate surface area is 185 Å². The maximum absolute atomic E-state index is 13.8. The van der Waals surface area contributed by atoms with Crippen LogP contribution < -0.4 is 19.5 Å². The van der Waals surface area contributed by atoms with Gasteiger partial charge >= 0.3 is 0 Å². The van der Waals surface area contributed by atoms with E-state index in [2.05, 4.69) is 10.0 Å². The Morgan fingerprint density at radius 1 is 0.969 bits per heavy atom. The quantitative estimate of drug-likeness (QED) is 0.587. The van der Waals surface area contributed by atoms with Gasteiger partial charge in [-0.15, -0.1) is 0 Å². The van der Waals surface area contributed by atoms with Crippen molar-refractivity contribution in [3.8, 4) is 11.5 Å².